The molecule has 1 saturated carbocycles. The number of methoxy groups -OCH3 is 1. The number of carbonyl (C=O) groups is 1. The van der Waals surface area contributed by atoms with Crippen LogP contribution in [0.15, 0.2) is 59.5 Å². The highest BCUT2D eigenvalue weighted by molar-refractivity contribution is 7.89. The number of benzene rings is 4. The van der Waals surface area contributed by atoms with Crippen LogP contribution >= 0.6 is 11.6 Å². The van der Waals surface area contributed by atoms with Gasteiger partial charge in [0.1, 0.15) is 11.5 Å². The first-order valence-corrected chi connectivity index (χ1v) is 18.0. The first-order chi connectivity index (χ1) is 24.8. The van der Waals surface area contributed by atoms with Gasteiger partial charge in [-0.1, -0.05) is 50.6 Å². The zero-order valence-electron chi connectivity index (χ0n) is 28.9. The van der Waals surface area contributed by atoms with Gasteiger partial charge in [0, 0.05) is 34.4 Å². The van der Waals surface area contributed by atoms with E-state index in [2.05, 4.69) is 0 Å². The number of amides is 1. The van der Waals surface area contributed by atoms with E-state index in [9.17, 15) is 41.7 Å². The van der Waals surface area contributed by atoms with Crippen molar-refractivity contribution in [3.05, 3.63) is 117 Å². The van der Waals surface area contributed by atoms with Crippen LogP contribution in [0.5, 0.6) is 11.5 Å². The van der Waals surface area contributed by atoms with Gasteiger partial charge in [0.05, 0.1) is 20.2 Å². The zero-order chi connectivity index (χ0) is 39.2. The topological polar surface area (TPSA) is 128 Å². The zero-order valence-corrected chi connectivity index (χ0v) is 30.5. The maximum atomic E-state index is 15.0. The maximum Gasteiger partial charge on any atom is 0.249 e. The number of aromatic hydroxyl groups is 1. The smallest absolute Gasteiger partial charge is 0.249 e. The second-order valence-electron chi connectivity index (χ2n) is 13.7. The molecule has 0 heterocycles. The molecule has 1 aliphatic rings. The quantitative estimate of drug-likeness (QED) is 0.0595. The predicted molar refractivity (Wildman–Crippen MR) is 185 cm³/mol. The standard InChI is InChI=1S/C37H36ClF5N2O7S/c1-37(2,3)22-13-21(34(52-4)26(14-22)20-7-8-20)17-45(24-11-12-25(36(48)49)27(46)15-24)28(47)18-44(16-19-5-9-23(38)10-6-19)53(50,51)35-32(42)30(40)29(39)31(41)33(35)43/h5-6,9-15,20,36,46,48-49H,7-8,16-18H2,1-4H3. The Hall–Kier alpha value is -4.28. The average molecular weight is 783 g/mol. The molecule has 0 unspecified atom stereocenters. The van der Waals surface area contributed by atoms with Crippen LogP contribution in [0.4, 0.5) is 27.6 Å². The SMILES string of the molecule is COc1c(CN(C(=O)CN(Cc2ccc(Cl)cc2)S(=O)(=O)c2c(F)c(F)c(F)c(F)c2F)c2ccc(C(O)O)c(O)c2)cc(C(C)(C)C)cc1C1CC1. The van der Waals surface area contributed by atoms with E-state index in [0.717, 1.165) is 41.0 Å². The third kappa shape index (κ3) is 8.29. The number of sulfonamides is 1. The highest BCUT2D eigenvalue weighted by Gasteiger charge is 2.39. The van der Waals surface area contributed by atoms with Gasteiger partial charge in [0.2, 0.25) is 21.7 Å². The Kier molecular flexibility index (Phi) is 11.5. The number of hydrogen-bond acceptors (Lipinski definition) is 7. The Morgan fingerprint density at radius 2 is 1.49 bits per heavy atom. The van der Waals surface area contributed by atoms with Crippen LogP contribution in [0.2, 0.25) is 5.02 Å². The number of carbonyl (C=O) groups excluding carboxylic acids is 1. The second kappa shape index (κ2) is 15.2. The molecule has 3 N–H and O–H groups in total. The monoisotopic (exact) mass is 782 g/mol. The third-order valence-electron chi connectivity index (χ3n) is 8.87. The Labute approximate surface area is 307 Å². The largest absolute Gasteiger partial charge is 0.507 e. The van der Waals surface area contributed by atoms with Crippen molar-refractivity contribution < 1.29 is 55.2 Å². The van der Waals surface area contributed by atoms with Crippen LogP contribution in [0.1, 0.15) is 73.6 Å². The number of anilines is 1. The van der Waals surface area contributed by atoms with Gasteiger partial charge >= 0.3 is 0 Å². The van der Waals surface area contributed by atoms with Gasteiger partial charge in [-0.2, -0.15) is 4.31 Å². The summed E-state index contributed by atoms with van der Waals surface area (Å²) in [6, 6.07) is 12.6. The van der Waals surface area contributed by atoms with Crippen molar-refractivity contribution in [2.24, 2.45) is 0 Å². The second-order valence-corrected chi connectivity index (χ2v) is 16.0. The lowest BCUT2D eigenvalue weighted by Crippen LogP contribution is -2.43. The lowest BCUT2D eigenvalue weighted by atomic mass is 9.84. The summed E-state index contributed by atoms with van der Waals surface area (Å²) in [5.74, 6) is -13.9. The normalized spacial score (nSPS) is 13.5. The molecular weight excluding hydrogens is 747 g/mol. The van der Waals surface area contributed by atoms with Crippen molar-refractivity contribution in [1.29, 1.82) is 0 Å². The number of ether oxygens (including phenoxy) is 1. The Morgan fingerprint density at radius 3 is 2.00 bits per heavy atom. The van der Waals surface area contributed by atoms with E-state index in [1.807, 2.05) is 26.8 Å². The predicted octanol–water partition coefficient (Wildman–Crippen LogP) is 7.33. The Balaban J connectivity index is 1.67. The van der Waals surface area contributed by atoms with Gasteiger partial charge in [-0.05, 0) is 71.2 Å². The molecule has 0 aromatic heterocycles. The number of phenolic OH excluding ortho intramolecular Hbond substituents is 1. The van der Waals surface area contributed by atoms with Crippen LogP contribution in [-0.4, -0.2) is 47.6 Å². The fraction of sp³-hybridized carbons (Fsp3) is 0.324. The minimum atomic E-state index is -5.67. The molecule has 0 saturated heterocycles. The fourth-order valence-electron chi connectivity index (χ4n) is 5.82. The fourth-order valence-corrected chi connectivity index (χ4v) is 7.43. The number of aliphatic hydroxyl groups excluding tert-OH is 1. The summed E-state index contributed by atoms with van der Waals surface area (Å²) in [4.78, 5) is 13.3. The minimum Gasteiger partial charge on any atom is -0.507 e. The highest BCUT2D eigenvalue weighted by atomic mass is 35.5. The third-order valence-corrected chi connectivity index (χ3v) is 10.9. The van der Waals surface area contributed by atoms with Crippen molar-refractivity contribution >= 4 is 33.2 Å². The lowest BCUT2D eigenvalue weighted by molar-refractivity contribution is -0.119. The molecule has 4 aromatic rings. The van der Waals surface area contributed by atoms with Crippen molar-refractivity contribution in [3.63, 3.8) is 0 Å². The van der Waals surface area contributed by atoms with Crippen molar-refractivity contribution in [2.75, 3.05) is 18.6 Å². The number of nitrogens with zero attached hydrogens (tertiary/aromatic N) is 2. The summed E-state index contributed by atoms with van der Waals surface area (Å²) in [6.45, 7) is 3.61. The summed E-state index contributed by atoms with van der Waals surface area (Å²) >= 11 is 5.97. The highest BCUT2D eigenvalue weighted by Crippen LogP contribution is 2.47. The van der Waals surface area contributed by atoms with Crippen LogP contribution < -0.4 is 9.64 Å². The van der Waals surface area contributed by atoms with Crippen LogP contribution in [0.25, 0.3) is 0 Å². The average Bonchev–Trinajstić information content (AvgIpc) is 3.94. The van der Waals surface area contributed by atoms with E-state index in [4.69, 9.17) is 16.3 Å². The van der Waals surface area contributed by atoms with E-state index in [0.29, 0.717) is 11.3 Å². The lowest BCUT2D eigenvalue weighted by Gasteiger charge is -2.30. The minimum absolute atomic E-state index is 0.0758. The molecule has 1 aliphatic carbocycles. The molecular formula is C37H36ClF5N2O7S. The van der Waals surface area contributed by atoms with Crippen LogP contribution in [0.3, 0.4) is 0 Å². The number of hydrogen-bond donors (Lipinski definition) is 3. The number of aliphatic hydroxyl groups is 2. The summed E-state index contributed by atoms with van der Waals surface area (Å²) in [6.07, 6.45) is -0.320. The van der Waals surface area contributed by atoms with Crippen molar-refractivity contribution in [1.82, 2.24) is 4.31 Å². The maximum absolute atomic E-state index is 15.0. The molecule has 9 nitrogen and oxygen atoms in total. The molecule has 1 fully saturated rings. The number of phenols is 1. The molecule has 0 bridgehead atoms. The van der Waals surface area contributed by atoms with Crippen LogP contribution in [-0.2, 0) is 33.3 Å². The summed E-state index contributed by atoms with van der Waals surface area (Å²) in [7, 11) is -4.23. The van der Waals surface area contributed by atoms with E-state index in [1.54, 1.807) is 6.07 Å². The summed E-state index contributed by atoms with van der Waals surface area (Å²) in [5, 5.41) is 30.3. The molecule has 0 aliphatic heterocycles. The van der Waals surface area contributed by atoms with Crippen molar-refractivity contribution in [2.45, 2.75) is 69.2 Å². The van der Waals surface area contributed by atoms with E-state index < -0.39 is 75.0 Å². The molecule has 4 aromatic carbocycles. The Morgan fingerprint density at radius 1 is 0.906 bits per heavy atom. The van der Waals surface area contributed by atoms with Gasteiger partial charge in [0.15, 0.2) is 34.5 Å². The summed E-state index contributed by atoms with van der Waals surface area (Å²) in [5.41, 5.74) is 1.58. The molecule has 284 valence electrons. The van der Waals surface area contributed by atoms with E-state index in [-0.39, 0.29) is 44.0 Å². The first kappa shape index (κ1) is 39.9. The molecule has 5 rings (SSSR count). The van der Waals surface area contributed by atoms with Gasteiger partial charge in [-0.3, -0.25) is 4.79 Å². The molecule has 0 atom stereocenters. The molecule has 0 spiro atoms. The van der Waals surface area contributed by atoms with Gasteiger partial charge < -0.3 is 25.0 Å². The van der Waals surface area contributed by atoms with E-state index in [1.165, 1.54) is 37.4 Å². The molecule has 0 radical (unpaired) electrons. The number of halogens is 6. The molecule has 16 heteroatoms. The van der Waals surface area contributed by atoms with Crippen molar-refractivity contribution in [3.8, 4) is 11.5 Å². The van der Waals surface area contributed by atoms with Crippen LogP contribution in [0, 0.1) is 29.1 Å². The van der Waals surface area contributed by atoms with E-state index >= 15 is 8.78 Å². The van der Waals surface area contributed by atoms with Gasteiger partial charge in [-0.25, -0.2) is 30.4 Å². The number of rotatable bonds is 12. The van der Waals surface area contributed by atoms with Gasteiger partial charge in [-0.15, -0.1) is 0 Å². The molecule has 1 amide bonds. The Bertz CT molecular complexity index is 2130. The summed E-state index contributed by atoms with van der Waals surface area (Å²) < 4.78 is 107. The molecule has 53 heavy (non-hydrogen) atoms. The first-order valence-electron chi connectivity index (χ1n) is 16.2. The van der Waals surface area contributed by atoms with Gasteiger partial charge in [0.25, 0.3) is 0 Å².